The molecule has 2 aromatic rings. The van der Waals surface area contributed by atoms with E-state index in [1.807, 2.05) is 61.5 Å². The van der Waals surface area contributed by atoms with Gasteiger partial charge in [0.15, 0.2) is 0 Å². The molecular weight excluding hydrogens is 430 g/mol. The average Bonchev–Trinajstić information content (AvgIpc) is 2.82. The average molecular weight is 464 g/mol. The van der Waals surface area contributed by atoms with Crippen molar-refractivity contribution < 1.29 is 9.59 Å². The zero-order valence-corrected chi connectivity index (χ0v) is 20.4. The Morgan fingerprint density at radius 3 is 2.73 bits per heavy atom. The molecule has 2 heterocycles. The molecule has 1 N–H and O–H groups in total. The van der Waals surface area contributed by atoms with Gasteiger partial charge < -0.3 is 10.2 Å². The van der Waals surface area contributed by atoms with Gasteiger partial charge in [-0.3, -0.25) is 14.5 Å². The molecule has 2 aliphatic heterocycles. The van der Waals surface area contributed by atoms with Gasteiger partial charge in [0.1, 0.15) is 6.54 Å². The number of anilines is 1. The first-order valence-corrected chi connectivity index (χ1v) is 12.7. The van der Waals surface area contributed by atoms with Crippen LogP contribution in [0, 0.1) is 6.92 Å². The van der Waals surface area contributed by atoms with Crippen molar-refractivity contribution in [2.45, 2.75) is 50.5 Å². The standard InChI is InChI=1S/C27H33N3O2S/c1-20-11-13-22(14-12-20)18-25-27(32)30(23-9-3-4-10-24(23)33-25)19-26(31)28-15-7-17-29-16-6-5-8-21(29)2/h3-4,9-14,18,21H,5-8,15-17,19H2,1-2H3,(H,28,31)/b25-18+. The molecule has 1 saturated heterocycles. The smallest absolute Gasteiger partial charge is 0.265 e. The summed E-state index contributed by atoms with van der Waals surface area (Å²) < 4.78 is 0. The molecule has 6 heteroatoms. The minimum absolute atomic E-state index is 0.0295. The van der Waals surface area contributed by atoms with E-state index in [-0.39, 0.29) is 18.4 Å². The van der Waals surface area contributed by atoms with Crippen LogP contribution in [0.25, 0.3) is 6.08 Å². The van der Waals surface area contributed by atoms with Gasteiger partial charge in [-0.15, -0.1) is 0 Å². The van der Waals surface area contributed by atoms with E-state index in [0.29, 0.717) is 17.5 Å². The number of fused-ring (bicyclic) bond motifs is 1. The number of piperidine rings is 1. The Labute approximate surface area is 201 Å². The number of nitrogens with zero attached hydrogens (tertiary/aromatic N) is 2. The largest absolute Gasteiger partial charge is 0.355 e. The van der Waals surface area contributed by atoms with E-state index < -0.39 is 0 Å². The van der Waals surface area contributed by atoms with Crippen LogP contribution >= 0.6 is 11.8 Å². The quantitative estimate of drug-likeness (QED) is 0.471. The van der Waals surface area contributed by atoms with Crippen LogP contribution < -0.4 is 10.2 Å². The van der Waals surface area contributed by atoms with Crippen molar-refractivity contribution in [2.75, 3.05) is 31.1 Å². The second-order valence-corrected chi connectivity index (χ2v) is 10.0. The third kappa shape index (κ3) is 6.06. The maximum atomic E-state index is 13.3. The van der Waals surface area contributed by atoms with Crippen LogP contribution in [0.5, 0.6) is 0 Å². The Hall–Kier alpha value is -2.57. The van der Waals surface area contributed by atoms with Gasteiger partial charge in [-0.05, 0) is 63.4 Å². The topological polar surface area (TPSA) is 52.7 Å². The minimum Gasteiger partial charge on any atom is -0.355 e. The summed E-state index contributed by atoms with van der Waals surface area (Å²) in [6.45, 7) is 7.15. The first-order chi connectivity index (χ1) is 16.0. The summed E-state index contributed by atoms with van der Waals surface area (Å²) in [7, 11) is 0. The summed E-state index contributed by atoms with van der Waals surface area (Å²) in [5.74, 6) is -0.247. The minimum atomic E-state index is -0.128. The number of nitrogens with one attached hydrogen (secondary N) is 1. The predicted molar refractivity (Wildman–Crippen MR) is 136 cm³/mol. The lowest BCUT2D eigenvalue weighted by molar-refractivity contribution is -0.122. The van der Waals surface area contributed by atoms with Crippen molar-refractivity contribution in [3.8, 4) is 0 Å². The zero-order chi connectivity index (χ0) is 23.2. The number of likely N-dealkylation sites (tertiary alicyclic amines) is 1. The number of para-hydroxylation sites is 1. The van der Waals surface area contributed by atoms with Crippen LogP contribution in [0.2, 0.25) is 0 Å². The molecule has 0 spiro atoms. The molecule has 0 aromatic heterocycles. The van der Waals surface area contributed by atoms with E-state index in [1.165, 1.54) is 36.6 Å². The molecule has 0 radical (unpaired) electrons. The molecule has 1 unspecified atom stereocenters. The number of hydrogen-bond donors (Lipinski definition) is 1. The molecule has 5 nitrogen and oxygen atoms in total. The molecule has 2 aliphatic rings. The van der Waals surface area contributed by atoms with Gasteiger partial charge in [0.2, 0.25) is 5.91 Å². The highest BCUT2D eigenvalue weighted by molar-refractivity contribution is 8.04. The summed E-state index contributed by atoms with van der Waals surface area (Å²) in [4.78, 5) is 31.8. The fourth-order valence-electron chi connectivity index (χ4n) is 4.43. The second kappa shape index (κ2) is 11.0. The van der Waals surface area contributed by atoms with E-state index in [9.17, 15) is 9.59 Å². The van der Waals surface area contributed by atoms with Crippen LogP contribution in [0.3, 0.4) is 0 Å². The maximum absolute atomic E-state index is 13.3. The molecule has 33 heavy (non-hydrogen) atoms. The number of carbonyl (C=O) groups excluding carboxylic acids is 2. The van der Waals surface area contributed by atoms with Crippen molar-refractivity contribution in [2.24, 2.45) is 0 Å². The van der Waals surface area contributed by atoms with E-state index >= 15 is 0 Å². The van der Waals surface area contributed by atoms with Crippen molar-refractivity contribution in [1.82, 2.24) is 10.2 Å². The Balaban J connectivity index is 1.39. The van der Waals surface area contributed by atoms with Crippen LogP contribution in [0.15, 0.2) is 58.3 Å². The normalized spacial score (nSPS) is 20.1. The van der Waals surface area contributed by atoms with Crippen LogP contribution in [0.4, 0.5) is 5.69 Å². The molecule has 2 amide bonds. The number of thioether (sulfide) groups is 1. The fourth-order valence-corrected chi connectivity index (χ4v) is 5.49. The van der Waals surface area contributed by atoms with Gasteiger partial charge in [-0.2, -0.15) is 0 Å². The molecular formula is C27H33N3O2S. The highest BCUT2D eigenvalue weighted by atomic mass is 32.2. The highest BCUT2D eigenvalue weighted by Gasteiger charge is 2.30. The van der Waals surface area contributed by atoms with Gasteiger partial charge in [-0.1, -0.05) is 60.1 Å². The summed E-state index contributed by atoms with van der Waals surface area (Å²) in [6.07, 6.45) is 6.68. The number of aryl methyl sites for hydroxylation is 1. The van der Waals surface area contributed by atoms with Crippen molar-refractivity contribution in [3.05, 3.63) is 64.6 Å². The molecule has 174 valence electrons. The van der Waals surface area contributed by atoms with Gasteiger partial charge >= 0.3 is 0 Å². The molecule has 1 fully saturated rings. The Bertz CT molecular complexity index is 1020. The van der Waals surface area contributed by atoms with Gasteiger partial charge in [-0.25, -0.2) is 0 Å². The van der Waals surface area contributed by atoms with Crippen molar-refractivity contribution >= 4 is 35.3 Å². The Kier molecular flexibility index (Phi) is 7.89. The SMILES string of the molecule is Cc1ccc(/C=C2/Sc3ccccc3N(CC(=O)NCCCN3CCCCC3C)C2=O)cc1. The lowest BCUT2D eigenvalue weighted by Crippen LogP contribution is -2.43. The molecule has 0 bridgehead atoms. The van der Waals surface area contributed by atoms with Crippen LogP contribution in [-0.2, 0) is 9.59 Å². The first-order valence-electron chi connectivity index (χ1n) is 11.9. The van der Waals surface area contributed by atoms with Gasteiger partial charge in [0.05, 0.1) is 10.6 Å². The number of hydrogen-bond acceptors (Lipinski definition) is 4. The third-order valence-electron chi connectivity index (χ3n) is 6.39. The van der Waals surface area contributed by atoms with E-state index in [2.05, 4.69) is 17.1 Å². The maximum Gasteiger partial charge on any atom is 0.265 e. The highest BCUT2D eigenvalue weighted by Crippen LogP contribution is 2.41. The number of carbonyl (C=O) groups is 2. The monoisotopic (exact) mass is 463 g/mol. The number of rotatable bonds is 7. The fraction of sp³-hybridized carbons (Fsp3) is 0.407. The molecule has 2 aromatic carbocycles. The summed E-state index contributed by atoms with van der Waals surface area (Å²) in [5, 5.41) is 3.02. The van der Waals surface area contributed by atoms with E-state index in [1.54, 1.807) is 4.90 Å². The summed E-state index contributed by atoms with van der Waals surface area (Å²) in [5.41, 5.74) is 2.95. The lowest BCUT2D eigenvalue weighted by Gasteiger charge is -2.33. The third-order valence-corrected chi connectivity index (χ3v) is 7.47. The van der Waals surface area contributed by atoms with E-state index in [0.717, 1.165) is 35.7 Å². The van der Waals surface area contributed by atoms with Crippen molar-refractivity contribution in [3.63, 3.8) is 0 Å². The summed E-state index contributed by atoms with van der Waals surface area (Å²) >= 11 is 1.47. The Morgan fingerprint density at radius 2 is 1.94 bits per heavy atom. The van der Waals surface area contributed by atoms with Gasteiger partial charge in [0, 0.05) is 24.0 Å². The summed E-state index contributed by atoms with van der Waals surface area (Å²) in [6, 6.07) is 16.5. The van der Waals surface area contributed by atoms with Gasteiger partial charge in [0.25, 0.3) is 5.91 Å². The van der Waals surface area contributed by atoms with Crippen molar-refractivity contribution in [1.29, 1.82) is 0 Å². The molecule has 0 aliphatic carbocycles. The van der Waals surface area contributed by atoms with E-state index in [4.69, 9.17) is 0 Å². The van der Waals surface area contributed by atoms with Crippen LogP contribution in [0.1, 0.15) is 43.7 Å². The number of benzene rings is 2. The number of amides is 2. The first kappa shape index (κ1) is 23.6. The predicted octanol–water partition coefficient (Wildman–Crippen LogP) is 4.86. The zero-order valence-electron chi connectivity index (χ0n) is 19.5. The molecule has 1 atom stereocenters. The second-order valence-electron chi connectivity index (χ2n) is 8.96. The van der Waals surface area contributed by atoms with Crippen LogP contribution in [-0.4, -0.2) is 48.9 Å². The lowest BCUT2D eigenvalue weighted by atomic mass is 10.0. The molecule has 4 rings (SSSR count). The molecule has 0 saturated carbocycles. The Morgan fingerprint density at radius 1 is 1.15 bits per heavy atom.